The van der Waals surface area contributed by atoms with Gasteiger partial charge in [-0.3, -0.25) is 4.79 Å². The van der Waals surface area contributed by atoms with Crippen LogP contribution >= 0.6 is 0 Å². The maximum Gasteiger partial charge on any atom is 0.222 e. The largest absolute Gasteiger partial charge is 0.388 e. The van der Waals surface area contributed by atoms with Gasteiger partial charge in [-0.1, -0.05) is 33.1 Å². The molecule has 0 radical (unpaired) electrons. The molecule has 1 amide bonds. The van der Waals surface area contributed by atoms with Crippen LogP contribution in [-0.2, 0) is 18.4 Å². The third-order valence-corrected chi connectivity index (χ3v) is 5.29. The minimum atomic E-state index is -0.103. The van der Waals surface area contributed by atoms with Crippen LogP contribution in [0.1, 0.15) is 76.4 Å². The lowest BCUT2D eigenvalue weighted by Crippen LogP contribution is -2.40. The number of unbranched alkanes of at least 4 members (excludes halogenated alkanes) is 1. The normalized spacial score (nSPS) is 19.5. The van der Waals surface area contributed by atoms with E-state index in [4.69, 9.17) is 0 Å². The smallest absolute Gasteiger partial charge is 0.222 e. The van der Waals surface area contributed by atoms with Crippen molar-refractivity contribution < 1.29 is 9.90 Å². The van der Waals surface area contributed by atoms with Gasteiger partial charge in [-0.2, -0.15) is 0 Å². The Morgan fingerprint density at radius 1 is 1.38 bits per heavy atom. The van der Waals surface area contributed by atoms with Crippen LogP contribution in [0.4, 0.5) is 0 Å². The van der Waals surface area contributed by atoms with Crippen molar-refractivity contribution in [2.24, 2.45) is 13.0 Å². The molecule has 24 heavy (non-hydrogen) atoms. The fourth-order valence-corrected chi connectivity index (χ4v) is 3.60. The fourth-order valence-electron chi connectivity index (χ4n) is 3.60. The first-order chi connectivity index (χ1) is 11.6. The summed E-state index contributed by atoms with van der Waals surface area (Å²) in [4.78, 5) is 14.7. The van der Waals surface area contributed by atoms with Crippen LogP contribution in [0.2, 0.25) is 0 Å². The van der Waals surface area contributed by atoms with Gasteiger partial charge in [0.25, 0.3) is 0 Å². The van der Waals surface area contributed by atoms with E-state index < -0.39 is 0 Å². The molecule has 1 aliphatic rings. The maximum atomic E-state index is 12.7. The number of aliphatic hydroxyl groups is 1. The van der Waals surface area contributed by atoms with Gasteiger partial charge in [0.2, 0.25) is 5.91 Å². The molecule has 0 spiro atoms. The van der Waals surface area contributed by atoms with Gasteiger partial charge in [0, 0.05) is 32.5 Å². The van der Waals surface area contributed by atoms with Crippen LogP contribution in [0, 0.1) is 5.92 Å². The molecule has 1 fully saturated rings. The molecule has 2 heterocycles. The number of likely N-dealkylation sites (tertiary alicyclic amines) is 1. The molecular weight excluding hydrogens is 304 g/mol. The average molecular weight is 336 g/mol. The van der Waals surface area contributed by atoms with Crippen molar-refractivity contribution in [1.29, 1.82) is 0 Å². The highest BCUT2D eigenvalue weighted by Gasteiger charge is 2.29. The van der Waals surface area contributed by atoms with E-state index in [-0.39, 0.29) is 18.4 Å². The van der Waals surface area contributed by atoms with E-state index >= 15 is 0 Å². The van der Waals surface area contributed by atoms with Gasteiger partial charge in [0.15, 0.2) is 5.82 Å². The van der Waals surface area contributed by atoms with Gasteiger partial charge >= 0.3 is 0 Å². The highest BCUT2D eigenvalue weighted by atomic mass is 16.3. The van der Waals surface area contributed by atoms with E-state index in [0.717, 1.165) is 44.6 Å². The first-order valence-corrected chi connectivity index (χ1v) is 9.37. The van der Waals surface area contributed by atoms with Crippen LogP contribution in [0.15, 0.2) is 0 Å². The van der Waals surface area contributed by atoms with Crippen LogP contribution in [0.3, 0.4) is 0 Å². The van der Waals surface area contributed by atoms with Crippen LogP contribution < -0.4 is 0 Å². The Hall–Kier alpha value is -1.43. The highest BCUT2D eigenvalue weighted by Crippen LogP contribution is 2.27. The quantitative estimate of drug-likeness (QED) is 0.792. The monoisotopic (exact) mass is 336 g/mol. The lowest BCUT2D eigenvalue weighted by atomic mass is 9.93. The molecule has 2 atom stereocenters. The van der Waals surface area contributed by atoms with Gasteiger partial charge < -0.3 is 14.6 Å². The summed E-state index contributed by atoms with van der Waals surface area (Å²) in [6.45, 7) is 5.85. The summed E-state index contributed by atoms with van der Waals surface area (Å²) in [6, 6.07) is 0. The SMILES string of the molecule is CCCCC(CC)CC(=O)N1CCCC(c2nnc(CO)n2C)C1. The molecule has 0 bridgehead atoms. The molecular formula is C18H32N4O2. The zero-order valence-electron chi connectivity index (χ0n) is 15.4. The van der Waals surface area contributed by atoms with Crippen LogP contribution in [0.25, 0.3) is 0 Å². The number of amides is 1. The highest BCUT2D eigenvalue weighted by molar-refractivity contribution is 5.76. The fraction of sp³-hybridized carbons (Fsp3) is 0.833. The summed E-state index contributed by atoms with van der Waals surface area (Å²) >= 11 is 0. The molecule has 1 aromatic heterocycles. The number of piperidine rings is 1. The minimum absolute atomic E-state index is 0.103. The topological polar surface area (TPSA) is 71.2 Å². The Morgan fingerprint density at radius 3 is 2.79 bits per heavy atom. The number of rotatable bonds is 8. The Kier molecular flexibility index (Phi) is 7.21. The molecule has 1 saturated heterocycles. The van der Waals surface area contributed by atoms with Gasteiger partial charge in [0.1, 0.15) is 12.4 Å². The summed E-state index contributed by atoms with van der Waals surface area (Å²) in [7, 11) is 1.89. The second-order valence-corrected chi connectivity index (χ2v) is 6.99. The molecule has 1 N–H and O–H groups in total. The third-order valence-electron chi connectivity index (χ3n) is 5.29. The summed E-state index contributed by atoms with van der Waals surface area (Å²) in [5, 5.41) is 17.6. The molecule has 1 aliphatic heterocycles. The summed E-state index contributed by atoms with van der Waals surface area (Å²) < 4.78 is 1.87. The molecule has 0 aliphatic carbocycles. The predicted octanol–water partition coefficient (Wildman–Crippen LogP) is 2.62. The number of hydrogen-bond donors (Lipinski definition) is 1. The molecule has 0 aromatic carbocycles. The van der Waals surface area contributed by atoms with Crippen molar-refractivity contribution in [3.05, 3.63) is 11.6 Å². The van der Waals surface area contributed by atoms with E-state index in [1.54, 1.807) is 0 Å². The van der Waals surface area contributed by atoms with Crippen molar-refractivity contribution in [1.82, 2.24) is 19.7 Å². The number of aliphatic hydroxyl groups excluding tert-OH is 1. The summed E-state index contributed by atoms with van der Waals surface area (Å²) in [5.41, 5.74) is 0. The number of carbonyl (C=O) groups excluding carboxylic acids is 1. The zero-order chi connectivity index (χ0) is 17.5. The Morgan fingerprint density at radius 2 is 2.17 bits per heavy atom. The van der Waals surface area contributed by atoms with Crippen molar-refractivity contribution >= 4 is 5.91 Å². The maximum absolute atomic E-state index is 12.7. The van der Waals surface area contributed by atoms with E-state index in [0.29, 0.717) is 18.2 Å². The summed E-state index contributed by atoms with van der Waals surface area (Å²) in [6.07, 6.45) is 7.32. The van der Waals surface area contributed by atoms with E-state index in [2.05, 4.69) is 24.0 Å². The number of nitrogens with zero attached hydrogens (tertiary/aromatic N) is 4. The van der Waals surface area contributed by atoms with Crippen LogP contribution in [-0.4, -0.2) is 43.8 Å². The lowest BCUT2D eigenvalue weighted by molar-refractivity contribution is -0.133. The van der Waals surface area contributed by atoms with Crippen molar-refractivity contribution in [2.75, 3.05) is 13.1 Å². The van der Waals surface area contributed by atoms with Gasteiger partial charge in [0.05, 0.1) is 0 Å². The van der Waals surface area contributed by atoms with Gasteiger partial charge in [-0.15, -0.1) is 10.2 Å². The van der Waals surface area contributed by atoms with Gasteiger partial charge in [-0.25, -0.2) is 0 Å². The van der Waals surface area contributed by atoms with E-state index in [9.17, 15) is 9.90 Å². The van der Waals surface area contributed by atoms with E-state index in [1.807, 2.05) is 16.5 Å². The zero-order valence-corrected chi connectivity index (χ0v) is 15.4. The Bertz CT molecular complexity index is 529. The third kappa shape index (κ3) is 4.56. The molecule has 0 saturated carbocycles. The van der Waals surface area contributed by atoms with Gasteiger partial charge in [-0.05, 0) is 25.2 Å². The second kappa shape index (κ2) is 9.16. The molecule has 6 heteroatoms. The second-order valence-electron chi connectivity index (χ2n) is 6.99. The Balaban J connectivity index is 1.96. The average Bonchev–Trinajstić information content (AvgIpc) is 2.99. The van der Waals surface area contributed by atoms with Crippen molar-refractivity contribution in [2.45, 2.75) is 71.3 Å². The Labute approximate surface area is 145 Å². The lowest BCUT2D eigenvalue weighted by Gasteiger charge is -2.33. The first kappa shape index (κ1) is 18.9. The van der Waals surface area contributed by atoms with Crippen molar-refractivity contribution in [3.8, 4) is 0 Å². The van der Waals surface area contributed by atoms with Crippen LogP contribution in [0.5, 0.6) is 0 Å². The summed E-state index contributed by atoms with van der Waals surface area (Å²) in [5.74, 6) is 2.48. The standard InChI is InChI=1S/C18H32N4O2/c1-4-6-8-14(5-2)11-17(24)22-10-7-9-15(12-22)18-20-19-16(13-23)21(18)3/h14-15,23H,4-13H2,1-3H3. The molecule has 136 valence electrons. The number of carbonyl (C=O) groups is 1. The molecule has 2 rings (SSSR count). The molecule has 1 aromatic rings. The van der Waals surface area contributed by atoms with E-state index in [1.165, 1.54) is 12.8 Å². The number of hydrogen-bond acceptors (Lipinski definition) is 4. The predicted molar refractivity (Wildman–Crippen MR) is 93.4 cm³/mol. The van der Waals surface area contributed by atoms with Crippen molar-refractivity contribution in [3.63, 3.8) is 0 Å². The minimum Gasteiger partial charge on any atom is -0.388 e. The molecule has 6 nitrogen and oxygen atoms in total. The number of aromatic nitrogens is 3. The molecule has 2 unspecified atom stereocenters. The first-order valence-electron chi connectivity index (χ1n) is 9.37.